The zero-order valence-electron chi connectivity index (χ0n) is 8.74. The fourth-order valence-electron chi connectivity index (χ4n) is 1.69. The van der Waals surface area contributed by atoms with Crippen molar-refractivity contribution >= 4 is 27.7 Å². The van der Waals surface area contributed by atoms with Gasteiger partial charge in [-0.2, -0.15) is 0 Å². The number of carbonyl (C=O) groups excluding carboxylic acids is 2. The van der Waals surface area contributed by atoms with Crippen LogP contribution in [0.4, 0.5) is 0 Å². The maximum Gasteiger partial charge on any atom is 0.250 e. The summed E-state index contributed by atoms with van der Waals surface area (Å²) in [7, 11) is 1.63. The van der Waals surface area contributed by atoms with Crippen LogP contribution in [0.2, 0.25) is 0 Å². The van der Waals surface area contributed by atoms with Gasteiger partial charge in [0.15, 0.2) is 0 Å². The average Bonchev–Trinajstić information content (AvgIpc) is 2.23. The molecule has 2 amide bonds. The SMILES string of the molecule is CN1CC(=O)N[C@@H](c2cccc(Br)c2)C1=O. The van der Waals surface area contributed by atoms with Crippen LogP contribution in [-0.4, -0.2) is 30.3 Å². The molecular formula is C11H11BrN2O2. The molecule has 1 aliphatic rings. The molecule has 1 saturated heterocycles. The van der Waals surface area contributed by atoms with Gasteiger partial charge in [-0.05, 0) is 17.7 Å². The van der Waals surface area contributed by atoms with Crippen LogP contribution in [0, 0.1) is 0 Å². The molecule has 5 heteroatoms. The van der Waals surface area contributed by atoms with Gasteiger partial charge in [-0.1, -0.05) is 28.1 Å². The Labute approximate surface area is 102 Å². The van der Waals surface area contributed by atoms with E-state index in [4.69, 9.17) is 0 Å². The van der Waals surface area contributed by atoms with Crippen molar-refractivity contribution in [2.45, 2.75) is 6.04 Å². The van der Waals surface area contributed by atoms with Gasteiger partial charge in [-0.15, -0.1) is 0 Å². The van der Waals surface area contributed by atoms with Gasteiger partial charge in [-0.3, -0.25) is 9.59 Å². The summed E-state index contributed by atoms with van der Waals surface area (Å²) in [6, 6.07) is 6.81. The number of likely N-dealkylation sites (N-methyl/N-ethyl adjacent to an activating group) is 1. The number of carbonyl (C=O) groups is 2. The Morgan fingerprint density at radius 2 is 2.19 bits per heavy atom. The van der Waals surface area contributed by atoms with E-state index < -0.39 is 6.04 Å². The van der Waals surface area contributed by atoms with Crippen LogP contribution in [0.25, 0.3) is 0 Å². The number of rotatable bonds is 1. The molecule has 1 N–H and O–H groups in total. The van der Waals surface area contributed by atoms with Crippen molar-refractivity contribution in [1.29, 1.82) is 0 Å². The number of hydrogen-bond acceptors (Lipinski definition) is 2. The fourth-order valence-corrected chi connectivity index (χ4v) is 2.11. The molecule has 0 bridgehead atoms. The number of hydrogen-bond donors (Lipinski definition) is 1. The van der Waals surface area contributed by atoms with Gasteiger partial charge in [-0.25, -0.2) is 0 Å². The first-order chi connectivity index (χ1) is 7.58. The van der Waals surface area contributed by atoms with Crippen molar-refractivity contribution in [3.8, 4) is 0 Å². The van der Waals surface area contributed by atoms with Crippen molar-refractivity contribution in [2.24, 2.45) is 0 Å². The Balaban J connectivity index is 2.32. The minimum atomic E-state index is -0.566. The first kappa shape index (κ1) is 11.1. The minimum absolute atomic E-state index is 0.0855. The summed E-state index contributed by atoms with van der Waals surface area (Å²) in [5.74, 6) is -0.218. The number of benzene rings is 1. The molecule has 1 aliphatic heterocycles. The van der Waals surface area contributed by atoms with Gasteiger partial charge in [0.25, 0.3) is 0 Å². The largest absolute Gasteiger partial charge is 0.339 e. The molecule has 2 rings (SSSR count). The monoisotopic (exact) mass is 282 g/mol. The highest BCUT2D eigenvalue weighted by atomic mass is 79.9. The van der Waals surface area contributed by atoms with Crippen LogP contribution in [0.3, 0.4) is 0 Å². The quantitative estimate of drug-likeness (QED) is 0.838. The van der Waals surface area contributed by atoms with Crippen LogP contribution in [-0.2, 0) is 9.59 Å². The van der Waals surface area contributed by atoms with Crippen molar-refractivity contribution in [2.75, 3.05) is 13.6 Å². The van der Waals surface area contributed by atoms with Gasteiger partial charge in [0.2, 0.25) is 11.8 Å². The van der Waals surface area contributed by atoms with E-state index >= 15 is 0 Å². The molecule has 4 nitrogen and oxygen atoms in total. The van der Waals surface area contributed by atoms with Crippen LogP contribution in [0.1, 0.15) is 11.6 Å². The van der Waals surface area contributed by atoms with Gasteiger partial charge < -0.3 is 10.2 Å². The summed E-state index contributed by atoms with van der Waals surface area (Å²) in [4.78, 5) is 24.7. The summed E-state index contributed by atoms with van der Waals surface area (Å²) in [5.41, 5.74) is 0.791. The van der Waals surface area contributed by atoms with E-state index in [1.54, 1.807) is 7.05 Å². The molecule has 0 radical (unpaired) electrons. The van der Waals surface area contributed by atoms with E-state index in [0.717, 1.165) is 10.0 Å². The summed E-state index contributed by atoms with van der Waals surface area (Å²) >= 11 is 3.34. The first-order valence-electron chi connectivity index (χ1n) is 4.88. The number of piperazine rings is 1. The molecule has 1 aromatic rings. The third-order valence-corrected chi connectivity index (χ3v) is 2.98. The molecule has 1 heterocycles. The van der Waals surface area contributed by atoms with E-state index in [1.807, 2.05) is 24.3 Å². The molecule has 1 atom stereocenters. The Hall–Kier alpha value is -1.36. The van der Waals surface area contributed by atoms with Gasteiger partial charge in [0.1, 0.15) is 6.04 Å². The highest BCUT2D eigenvalue weighted by Crippen LogP contribution is 2.21. The zero-order chi connectivity index (χ0) is 11.7. The van der Waals surface area contributed by atoms with Crippen molar-refractivity contribution in [3.05, 3.63) is 34.3 Å². The van der Waals surface area contributed by atoms with E-state index in [2.05, 4.69) is 21.2 Å². The highest BCUT2D eigenvalue weighted by Gasteiger charge is 2.31. The second-order valence-electron chi connectivity index (χ2n) is 3.75. The Morgan fingerprint density at radius 3 is 2.88 bits per heavy atom. The first-order valence-corrected chi connectivity index (χ1v) is 5.67. The van der Waals surface area contributed by atoms with Crippen LogP contribution in [0.15, 0.2) is 28.7 Å². The summed E-state index contributed by atoms with van der Waals surface area (Å²) in [6.45, 7) is 0.128. The Morgan fingerprint density at radius 1 is 1.44 bits per heavy atom. The highest BCUT2D eigenvalue weighted by molar-refractivity contribution is 9.10. The topological polar surface area (TPSA) is 49.4 Å². The number of amides is 2. The summed E-state index contributed by atoms with van der Waals surface area (Å²) < 4.78 is 0.889. The average molecular weight is 283 g/mol. The lowest BCUT2D eigenvalue weighted by Gasteiger charge is -2.29. The second kappa shape index (κ2) is 4.25. The molecule has 0 aliphatic carbocycles. The maximum atomic E-state index is 11.9. The van der Waals surface area contributed by atoms with Crippen LogP contribution < -0.4 is 5.32 Å². The van der Waals surface area contributed by atoms with Crippen LogP contribution in [0.5, 0.6) is 0 Å². The van der Waals surface area contributed by atoms with E-state index in [0.29, 0.717) is 0 Å². The lowest BCUT2D eigenvalue weighted by Crippen LogP contribution is -2.51. The predicted octanol–water partition coefficient (Wildman–Crippen LogP) is 1.08. The standard InChI is InChI=1S/C11H11BrN2O2/c1-14-6-9(15)13-10(11(14)16)7-3-2-4-8(12)5-7/h2-5,10H,6H2,1H3,(H,13,15)/t10-/m0/s1. The molecule has 0 unspecified atom stereocenters. The number of nitrogens with zero attached hydrogens (tertiary/aromatic N) is 1. The third kappa shape index (κ3) is 2.09. The fraction of sp³-hybridized carbons (Fsp3) is 0.273. The number of halogens is 1. The van der Waals surface area contributed by atoms with Crippen molar-refractivity contribution in [3.63, 3.8) is 0 Å². The van der Waals surface area contributed by atoms with Crippen LogP contribution >= 0.6 is 15.9 Å². The number of nitrogens with one attached hydrogen (secondary N) is 1. The zero-order valence-corrected chi connectivity index (χ0v) is 10.3. The summed E-state index contributed by atoms with van der Waals surface area (Å²) in [5, 5.41) is 2.69. The van der Waals surface area contributed by atoms with Gasteiger partial charge in [0, 0.05) is 11.5 Å². The molecule has 1 aromatic carbocycles. The molecule has 1 fully saturated rings. The third-order valence-electron chi connectivity index (χ3n) is 2.49. The molecule has 0 spiro atoms. The maximum absolute atomic E-state index is 11.9. The molecule has 0 saturated carbocycles. The molecule has 16 heavy (non-hydrogen) atoms. The van der Waals surface area contributed by atoms with E-state index in [9.17, 15) is 9.59 Å². The molecule has 84 valence electrons. The summed E-state index contributed by atoms with van der Waals surface area (Å²) in [6.07, 6.45) is 0. The Kier molecular flexibility index (Phi) is 2.96. The minimum Gasteiger partial charge on any atom is -0.339 e. The lowest BCUT2D eigenvalue weighted by atomic mass is 10.0. The van der Waals surface area contributed by atoms with E-state index in [-0.39, 0.29) is 18.4 Å². The molecular weight excluding hydrogens is 272 g/mol. The van der Waals surface area contributed by atoms with Crippen molar-refractivity contribution < 1.29 is 9.59 Å². The Bertz CT molecular complexity index is 447. The normalized spacial score (nSPS) is 20.9. The van der Waals surface area contributed by atoms with E-state index in [1.165, 1.54) is 4.90 Å². The van der Waals surface area contributed by atoms with Crippen molar-refractivity contribution in [1.82, 2.24) is 10.2 Å². The smallest absolute Gasteiger partial charge is 0.250 e. The lowest BCUT2D eigenvalue weighted by molar-refractivity contribution is -0.143. The predicted molar refractivity (Wildman–Crippen MR) is 62.7 cm³/mol. The molecule has 0 aromatic heterocycles. The van der Waals surface area contributed by atoms with Gasteiger partial charge >= 0.3 is 0 Å². The van der Waals surface area contributed by atoms with Gasteiger partial charge in [0.05, 0.1) is 6.54 Å². The second-order valence-corrected chi connectivity index (χ2v) is 4.67.